The van der Waals surface area contributed by atoms with Crippen LogP contribution in [-0.4, -0.2) is 96.7 Å². The van der Waals surface area contributed by atoms with Crippen LogP contribution in [0.4, 0.5) is 0 Å². The average molecular weight is 1300 g/mol. The Balaban J connectivity index is 5.11. The van der Waals surface area contributed by atoms with E-state index in [1.807, 2.05) is 0 Å². The molecule has 88 heavy (non-hydrogen) atoms. The zero-order chi connectivity index (χ0) is 65.2. The Morgan fingerprint density at radius 3 is 0.773 bits per heavy atom. The topological polar surface area (TPSA) is 237 Å². The zero-order valence-electron chi connectivity index (χ0n) is 57.2. The van der Waals surface area contributed by atoms with Crippen molar-refractivity contribution < 1.29 is 80.2 Å². The lowest BCUT2D eigenvalue weighted by Gasteiger charge is -2.21. The summed E-state index contributed by atoms with van der Waals surface area (Å²) >= 11 is 0. The van der Waals surface area contributed by atoms with Gasteiger partial charge in [0.1, 0.15) is 19.3 Å². The van der Waals surface area contributed by atoms with Crippen molar-refractivity contribution in [2.45, 2.75) is 362 Å². The first kappa shape index (κ1) is 86.1. The van der Waals surface area contributed by atoms with Crippen molar-refractivity contribution in [2.75, 3.05) is 39.6 Å². The maximum atomic E-state index is 13.0. The molecular formula is C69H134O17P2. The van der Waals surface area contributed by atoms with Gasteiger partial charge in [0.2, 0.25) is 0 Å². The number of phosphoric ester groups is 2. The highest BCUT2D eigenvalue weighted by Crippen LogP contribution is 2.45. The Morgan fingerprint density at radius 2 is 0.523 bits per heavy atom. The molecule has 3 N–H and O–H groups in total. The Hall–Kier alpha value is -1.94. The van der Waals surface area contributed by atoms with Gasteiger partial charge in [0.05, 0.1) is 26.4 Å². The molecule has 522 valence electrons. The van der Waals surface area contributed by atoms with Crippen LogP contribution in [0.5, 0.6) is 0 Å². The molecule has 0 aromatic carbocycles. The second kappa shape index (κ2) is 60.0. The van der Waals surface area contributed by atoms with Gasteiger partial charge in [-0.1, -0.05) is 292 Å². The number of hydrogen-bond acceptors (Lipinski definition) is 15. The van der Waals surface area contributed by atoms with Gasteiger partial charge in [-0.2, -0.15) is 0 Å². The molecule has 17 nitrogen and oxygen atoms in total. The largest absolute Gasteiger partial charge is 0.472 e. The number of phosphoric acid groups is 2. The number of carbonyl (C=O) groups excluding carboxylic acids is 4. The van der Waals surface area contributed by atoms with Crippen LogP contribution in [0, 0.1) is 17.8 Å². The fourth-order valence-corrected chi connectivity index (χ4v) is 11.9. The number of aliphatic hydroxyl groups excluding tert-OH is 1. The maximum Gasteiger partial charge on any atom is 0.472 e. The molecule has 0 aromatic rings. The van der Waals surface area contributed by atoms with E-state index in [-0.39, 0.29) is 25.7 Å². The predicted octanol–water partition coefficient (Wildman–Crippen LogP) is 19.5. The number of ether oxygens (including phenoxy) is 4. The molecular weight excluding hydrogens is 1160 g/mol. The second-order valence-electron chi connectivity index (χ2n) is 26.3. The molecule has 19 heteroatoms. The Morgan fingerprint density at radius 1 is 0.307 bits per heavy atom. The van der Waals surface area contributed by atoms with Crippen LogP contribution in [0.25, 0.3) is 0 Å². The van der Waals surface area contributed by atoms with Crippen LogP contribution in [-0.2, 0) is 65.4 Å². The third-order valence-corrected chi connectivity index (χ3v) is 17.8. The van der Waals surface area contributed by atoms with Crippen molar-refractivity contribution >= 4 is 39.5 Å². The average Bonchev–Trinajstić information content (AvgIpc) is 3.64. The molecule has 0 aliphatic heterocycles. The van der Waals surface area contributed by atoms with E-state index in [1.165, 1.54) is 148 Å². The molecule has 0 bridgehead atoms. The van der Waals surface area contributed by atoms with Gasteiger partial charge in [-0.3, -0.25) is 37.3 Å². The van der Waals surface area contributed by atoms with E-state index in [0.29, 0.717) is 37.5 Å². The number of hydrogen-bond donors (Lipinski definition) is 3. The van der Waals surface area contributed by atoms with Gasteiger partial charge in [-0.25, -0.2) is 9.13 Å². The van der Waals surface area contributed by atoms with Gasteiger partial charge in [0.15, 0.2) is 12.2 Å². The van der Waals surface area contributed by atoms with Crippen molar-refractivity contribution in [1.82, 2.24) is 0 Å². The number of rotatable bonds is 67. The number of carbonyl (C=O) groups is 4. The van der Waals surface area contributed by atoms with Gasteiger partial charge in [0, 0.05) is 25.7 Å². The molecule has 0 amide bonds. The van der Waals surface area contributed by atoms with Crippen LogP contribution in [0.2, 0.25) is 0 Å². The van der Waals surface area contributed by atoms with E-state index < -0.39 is 97.5 Å². The summed E-state index contributed by atoms with van der Waals surface area (Å²) in [7, 11) is -9.89. The number of esters is 4. The summed E-state index contributed by atoms with van der Waals surface area (Å²) in [6.45, 7) is 11.7. The van der Waals surface area contributed by atoms with Crippen molar-refractivity contribution in [1.29, 1.82) is 0 Å². The van der Waals surface area contributed by atoms with Crippen LogP contribution in [0.15, 0.2) is 0 Å². The van der Waals surface area contributed by atoms with Gasteiger partial charge in [0.25, 0.3) is 0 Å². The highest BCUT2D eigenvalue weighted by atomic mass is 31.2. The summed E-state index contributed by atoms with van der Waals surface area (Å²) in [5.41, 5.74) is 0. The molecule has 0 aromatic heterocycles. The number of unbranched alkanes of at least 4 members (excludes halogenated alkanes) is 35. The summed E-state index contributed by atoms with van der Waals surface area (Å²) in [6, 6.07) is 0. The molecule has 0 rings (SSSR count). The van der Waals surface area contributed by atoms with E-state index in [2.05, 4.69) is 48.5 Å². The standard InChI is InChI=1S/C69H134O17P2/c1-8-9-10-11-12-23-27-36-43-50-66(71)79-56-65(86-69(74)53-46-39-32-30-35-42-49-62(6)7)59-84-88(77,78)82-55-63(70)54-81-87(75,76)83-58-64(57-80-67(72)51-44-37-31-29-34-41-48-61(4)5)85-68(73)52-45-38-28-25-22-20-18-16-14-13-15-17-19-21-24-26-33-40-47-60(2)3/h60-65,70H,8-59H2,1-7H3,(H,75,76)(H,77,78)/t63-,64-,65-/m1/s1. The quantitative estimate of drug-likeness (QED) is 0.0222. The first-order valence-corrected chi connectivity index (χ1v) is 38.8. The Bertz CT molecular complexity index is 1730. The molecule has 2 unspecified atom stereocenters. The smallest absolute Gasteiger partial charge is 0.462 e. The van der Waals surface area contributed by atoms with E-state index in [0.717, 1.165) is 102 Å². The first-order valence-electron chi connectivity index (χ1n) is 35.8. The lowest BCUT2D eigenvalue weighted by molar-refractivity contribution is -0.161. The fraction of sp³-hybridized carbons (Fsp3) is 0.942. The Labute approximate surface area is 537 Å². The summed E-state index contributed by atoms with van der Waals surface area (Å²) in [5, 5.41) is 10.5. The third-order valence-electron chi connectivity index (χ3n) is 15.9. The summed E-state index contributed by atoms with van der Waals surface area (Å²) in [6.07, 6.45) is 43.6. The lowest BCUT2D eigenvalue weighted by atomic mass is 10.0. The molecule has 0 spiro atoms. The molecule has 5 atom stereocenters. The number of aliphatic hydroxyl groups is 1. The molecule has 0 fully saturated rings. The van der Waals surface area contributed by atoms with Gasteiger partial charge < -0.3 is 33.8 Å². The highest BCUT2D eigenvalue weighted by Gasteiger charge is 2.30. The van der Waals surface area contributed by atoms with Crippen LogP contribution in [0.3, 0.4) is 0 Å². The molecule has 0 radical (unpaired) electrons. The van der Waals surface area contributed by atoms with Crippen LogP contribution < -0.4 is 0 Å². The lowest BCUT2D eigenvalue weighted by Crippen LogP contribution is -2.30. The van der Waals surface area contributed by atoms with E-state index in [4.69, 9.17) is 37.0 Å². The summed E-state index contributed by atoms with van der Waals surface area (Å²) < 4.78 is 68.1. The van der Waals surface area contributed by atoms with E-state index in [9.17, 15) is 43.2 Å². The SMILES string of the molecule is CCCCCCCCCCCC(=O)OC[C@H](COP(=O)(O)OC[C@H](O)COP(=O)(O)OC[C@@H](COC(=O)CCCCCCCCC(C)C)OC(=O)CCCCCCCCCCCCCCCCCCCCC(C)C)OC(=O)CCCCCCCCC(C)C. The van der Waals surface area contributed by atoms with E-state index in [1.54, 1.807) is 0 Å². The minimum atomic E-state index is -4.95. The fourth-order valence-electron chi connectivity index (χ4n) is 10.4. The zero-order valence-corrected chi connectivity index (χ0v) is 59.0. The van der Waals surface area contributed by atoms with Crippen LogP contribution >= 0.6 is 15.6 Å². The maximum absolute atomic E-state index is 13.0. The minimum Gasteiger partial charge on any atom is -0.462 e. The monoisotopic (exact) mass is 1300 g/mol. The molecule has 0 heterocycles. The second-order valence-corrected chi connectivity index (χ2v) is 29.3. The third kappa shape index (κ3) is 62.8. The highest BCUT2D eigenvalue weighted by molar-refractivity contribution is 7.47. The van der Waals surface area contributed by atoms with Gasteiger partial charge >= 0.3 is 39.5 Å². The molecule has 0 aliphatic rings. The van der Waals surface area contributed by atoms with Crippen molar-refractivity contribution in [3.63, 3.8) is 0 Å². The van der Waals surface area contributed by atoms with Gasteiger partial charge in [-0.15, -0.1) is 0 Å². The minimum absolute atomic E-state index is 0.102. The van der Waals surface area contributed by atoms with Crippen molar-refractivity contribution in [3.8, 4) is 0 Å². The van der Waals surface area contributed by atoms with Crippen molar-refractivity contribution in [3.05, 3.63) is 0 Å². The normalized spacial score (nSPS) is 14.2. The molecule has 0 saturated carbocycles. The van der Waals surface area contributed by atoms with Crippen LogP contribution in [0.1, 0.15) is 344 Å². The molecule has 0 aliphatic carbocycles. The summed E-state index contributed by atoms with van der Waals surface area (Å²) in [4.78, 5) is 72.3. The van der Waals surface area contributed by atoms with E-state index >= 15 is 0 Å². The Kier molecular flexibility index (Phi) is 58.7. The molecule has 0 saturated heterocycles. The predicted molar refractivity (Wildman–Crippen MR) is 354 cm³/mol. The van der Waals surface area contributed by atoms with Crippen molar-refractivity contribution in [2.24, 2.45) is 17.8 Å². The summed E-state index contributed by atoms with van der Waals surface area (Å²) in [5.74, 6) is 0.0325. The van der Waals surface area contributed by atoms with Gasteiger partial charge in [-0.05, 0) is 43.4 Å². The first-order chi connectivity index (χ1) is 42.2.